The minimum atomic E-state index is -0.462. The predicted molar refractivity (Wildman–Crippen MR) is 105 cm³/mol. The Morgan fingerprint density at radius 3 is 2.46 bits per heavy atom. The van der Waals surface area contributed by atoms with Gasteiger partial charge < -0.3 is 14.6 Å². The van der Waals surface area contributed by atoms with E-state index >= 15 is 0 Å². The number of anilines is 1. The molecule has 0 atom stereocenters. The van der Waals surface area contributed by atoms with E-state index in [2.05, 4.69) is 5.32 Å². The fourth-order valence-corrected chi connectivity index (χ4v) is 2.96. The van der Waals surface area contributed by atoms with Gasteiger partial charge in [-0.3, -0.25) is 9.59 Å². The summed E-state index contributed by atoms with van der Waals surface area (Å²) in [4.78, 5) is 25.5. The summed E-state index contributed by atoms with van der Waals surface area (Å²) < 4.78 is 7.00. The third-order valence-electron chi connectivity index (χ3n) is 4.14. The highest BCUT2D eigenvalue weighted by atomic mass is 35.5. The average molecular weight is 371 g/mol. The van der Waals surface area contributed by atoms with Crippen LogP contribution in [-0.4, -0.2) is 17.6 Å². The number of rotatable bonds is 4. The lowest BCUT2D eigenvalue weighted by Crippen LogP contribution is -2.24. The van der Waals surface area contributed by atoms with Crippen LogP contribution in [0.15, 0.2) is 53.5 Å². The van der Waals surface area contributed by atoms with Crippen LogP contribution < -0.4 is 15.5 Å². The minimum absolute atomic E-state index is 0.0734. The zero-order valence-electron chi connectivity index (χ0n) is 14.7. The largest absolute Gasteiger partial charge is 0.497 e. The summed E-state index contributed by atoms with van der Waals surface area (Å²) in [7, 11) is 1.57. The second-order valence-corrected chi connectivity index (χ2v) is 6.65. The summed E-state index contributed by atoms with van der Waals surface area (Å²) in [6.07, 6.45) is 1.60. The van der Waals surface area contributed by atoms with E-state index in [1.54, 1.807) is 55.8 Å². The zero-order valence-corrected chi connectivity index (χ0v) is 15.5. The minimum Gasteiger partial charge on any atom is -0.497 e. The van der Waals surface area contributed by atoms with Crippen LogP contribution >= 0.6 is 11.6 Å². The second kappa shape index (κ2) is 7.22. The van der Waals surface area contributed by atoms with Crippen molar-refractivity contribution in [1.82, 2.24) is 4.57 Å². The molecule has 0 bridgehead atoms. The Labute approximate surface area is 156 Å². The third kappa shape index (κ3) is 3.44. The molecule has 5 nitrogen and oxygen atoms in total. The highest BCUT2D eigenvalue weighted by Gasteiger charge is 2.17. The Morgan fingerprint density at radius 2 is 1.85 bits per heavy atom. The molecule has 1 amide bonds. The number of methoxy groups -OCH3 is 1. The van der Waals surface area contributed by atoms with E-state index in [4.69, 9.17) is 16.3 Å². The van der Waals surface area contributed by atoms with Gasteiger partial charge >= 0.3 is 0 Å². The number of fused-ring (bicyclic) bond motifs is 1. The molecule has 134 valence electrons. The molecule has 0 saturated heterocycles. The summed E-state index contributed by atoms with van der Waals surface area (Å²) in [5, 5.41) is 3.64. The van der Waals surface area contributed by atoms with Crippen LogP contribution in [0.25, 0.3) is 10.9 Å². The smallest absolute Gasteiger partial charge is 0.261 e. The number of nitrogens with one attached hydrogen (secondary N) is 1. The van der Waals surface area contributed by atoms with Gasteiger partial charge in [-0.05, 0) is 56.3 Å². The quantitative estimate of drug-likeness (QED) is 0.735. The molecule has 1 heterocycles. The number of amides is 1. The van der Waals surface area contributed by atoms with Crippen LogP contribution in [0.2, 0.25) is 5.02 Å². The van der Waals surface area contributed by atoms with Crippen molar-refractivity contribution in [2.75, 3.05) is 12.4 Å². The highest BCUT2D eigenvalue weighted by molar-refractivity contribution is 6.31. The van der Waals surface area contributed by atoms with Crippen LogP contribution in [0.3, 0.4) is 0 Å². The maximum Gasteiger partial charge on any atom is 0.261 e. The van der Waals surface area contributed by atoms with Gasteiger partial charge in [0, 0.05) is 28.3 Å². The Bertz CT molecular complexity index is 1020. The van der Waals surface area contributed by atoms with E-state index in [-0.39, 0.29) is 17.0 Å². The number of carbonyl (C=O) groups is 1. The molecule has 0 unspecified atom stereocenters. The number of ether oxygens (including phenoxy) is 1. The van der Waals surface area contributed by atoms with Crippen LogP contribution in [0.4, 0.5) is 5.69 Å². The van der Waals surface area contributed by atoms with Gasteiger partial charge in [-0.25, -0.2) is 0 Å². The van der Waals surface area contributed by atoms with Crippen LogP contribution in [0.1, 0.15) is 30.2 Å². The van der Waals surface area contributed by atoms with Crippen molar-refractivity contribution in [3.05, 3.63) is 69.5 Å². The van der Waals surface area contributed by atoms with Gasteiger partial charge in [0.05, 0.1) is 12.6 Å². The SMILES string of the molecule is COc1ccc(NC(=O)c2cn(C(C)C)c3ccc(Cl)cc3c2=O)cc1. The van der Waals surface area contributed by atoms with Crippen molar-refractivity contribution >= 4 is 34.1 Å². The van der Waals surface area contributed by atoms with Crippen molar-refractivity contribution in [3.8, 4) is 5.75 Å². The summed E-state index contributed by atoms with van der Waals surface area (Å²) in [5.74, 6) is 0.224. The Balaban J connectivity index is 2.06. The Hall–Kier alpha value is -2.79. The van der Waals surface area contributed by atoms with Crippen molar-refractivity contribution < 1.29 is 9.53 Å². The Morgan fingerprint density at radius 1 is 1.15 bits per heavy atom. The number of hydrogen-bond acceptors (Lipinski definition) is 3. The first-order chi connectivity index (χ1) is 12.4. The van der Waals surface area contributed by atoms with E-state index in [1.807, 2.05) is 18.4 Å². The lowest BCUT2D eigenvalue weighted by Gasteiger charge is -2.17. The maximum atomic E-state index is 12.8. The Kier molecular flexibility index (Phi) is 5.00. The van der Waals surface area contributed by atoms with E-state index in [0.29, 0.717) is 21.8 Å². The van der Waals surface area contributed by atoms with Crippen LogP contribution in [-0.2, 0) is 0 Å². The summed E-state index contributed by atoms with van der Waals surface area (Å²) in [5.41, 5.74) is 1.06. The molecular weight excluding hydrogens is 352 g/mol. The molecular formula is C20H19ClN2O3. The lowest BCUT2D eigenvalue weighted by atomic mass is 10.1. The molecule has 1 N–H and O–H groups in total. The van der Waals surface area contributed by atoms with Crippen molar-refractivity contribution in [2.45, 2.75) is 19.9 Å². The van der Waals surface area contributed by atoms with Crippen molar-refractivity contribution in [1.29, 1.82) is 0 Å². The fraction of sp³-hybridized carbons (Fsp3) is 0.200. The van der Waals surface area contributed by atoms with Gasteiger partial charge in [0.2, 0.25) is 5.43 Å². The number of hydrogen-bond donors (Lipinski definition) is 1. The first-order valence-corrected chi connectivity index (χ1v) is 8.58. The number of aromatic nitrogens is 1. The molecule has 0 fully saturated rings. The predicted octanol–water partition coefficient (Wildman–Crippen LogP) is 4.50. The monoisotopic (exact) mass is 370 g/mol. The number of benzene rings is 2. The van der Waals surface area contributed by atoms with Crippen molar-refractivity contribution in [3.63, 3.8) is 0 Å². The number of carbonyl (C=O) groups excluding carboxylic acids is 1. The van der Waals surface area contributed by atoms with E-state index in [1.165, 1.54) is 0 Å². The average Bonchev–Trinajstić information content (AvgIpc) is 2.62. The first kappa shape index (κ1) is 18.0. The fourth-order valence-electron chi connectivity index (χ4n) is 2.79. The molecule has 0 aliphatic rings. The number of pyridine rings is 1. The molecule has 0 aliphatic heterocycles. The van der Waals surface area contributed by atoms with Gasteiger partial charge in [-0.15, -0.1) is 0 Å². The van der Waals surface area contributed by atoms with E-state index < -0.39 is 5.91 Å². The molecule has 0 saturated carbocycles. The highest BCUT2D eigenvalue weighted by Crippen LogP contribution is 2.21. The van der Waals surface area contributed by atoms with Crippen molar-refractivity contribution in [2.24, 2.45) is 0 Å². The van der Waals surface area contributed by atoms with E-state index in [9.17, 15) is 9.59 Å². The topological polar surface area (TPSA) is 60.3 Å². The summed E-state index contributed by atoms with van der Waals surface area (Å²) >= 11 is 6.05. The molecule has 3 rings (SSSR count). The van der Waals surface area contributed by atoms with Gasteiger partial charge in [-0.2, -0.15) is 0 Å². The first-order valence-electron chi connectivity index (χ1n) is 8.20. The van der Waals surface area contributed by atoms with Gasteiger partial charge in [0.1, 0.15) is 11.3 Å². The van der Waals surface area contributed by atoms with Crippen LogP contribution in [0, 0.1) is 0 Å². The zero-order chi connectivity index (χ0) is 18.8. The maximum absolute atomic E-state index is 12.8. The molecule has 3 aromatic rings. The molecule has 26 heavy (non-hydrogen) atoms. The van der Waals surface area contributed by atoms with Crippen LogP contribution in [0.5, 0.6) is 5.75 Å². The molecule has 6 heteroatoms. The molecule has 0 radical (unpaired) electrons. The van der Waals surface area contributed by atoms with Gasteiger partial charge in [-0.1, -0.05) is 11.6 Å². The normalized spacial score (nSPS) is 11.0. The standard InChI is InChI=1S/C20H19ClN2O3/c1-12(2)23-11-17(19(24)16-10-13(21)4-9-18(16)23)20(25)22-14-5-7-15(26-3)8-6-14/h4-12H,1-3H3,(H,22,25). The molecule has 1 aromatic heterocycles. The summed E-state index contributed by atoms with van der Waals surface area (Å²) in [6.45, 7) is 3.98. The molecule has 0 aliphatic carbocycles. The van der Waals surface area contributed by atoms with Gasteiger partial charge in [0.15, 0.2) is 0 Å². The number of halogens is 1. The lowest BCUT2D eigenvalue weighted by molar-refractivity contribution is 0.102. The van der Waals surface area contributed by atoms with E-state index in [0.717, 1.165) is 5.52 Å². The molecule has 2 aromatic carbocycles. The summed E-state index contributed by atoms with van der Waals surface area (Å²) in [6, 6.07) is 12.1. The number of nitrogens with zero attached hydrogens (tertiary/aromatic N) is 1. The molecule has 0 spiro atoms. The van der Waals surface area contributed by atoms with Gasteiger partial charge in [0.25, 0.3) is 5.91 Å². The second-order valence-electron chi connectivity index (χ2n) is 6.22. The third-order valence-corrected chi connectivity index (χ3v) is 4.38.